The van der Waals surface area contributed by atoms with Crippen LogP contribution in [0.4, 0.5) is 0 Å². The molecular formula is C21H29N3O. The van der Waals surface area contributed by atoms with Crippen LogP contribution in [0, 0.1) is 6.92 Å². The van der Waals surface area contributed by atoms with Crippen LogP contribution in [0.15, 0.2) is 48.5 Å². The van der Waals surface area contributed by atoms with Gasteiger partial charge in [-0.05, 0) is 30.2 Å². The number of benzene rings is 2. The van der Waals surface area contributed by atoms with Gasteiger partial charge in [-0.3, -0.25) is 4.90 Å². The van der Waals surface area contributed by atoms with Crippen LogP contribution in [-0.4, -0.2) is 44.2 Å². The maximum absolute atomic E-state index is 5.93. The minimum Gasteiger partial charge on any atom is -0.489 e. The van der Waals surface area contributed by atoms with E-state index in [-0.39, 0.29) is 0 Å². The fourth-order valence-corrected chi connectivity index (χ4v) is 3.00. The molecule has 1 aliphatic rings. The average molecular weight is 339 g/mol. The van der Waals surface area contributed by atoms with Gasteiger partial charge in [-0.2, -0.15) is 0 Å². The normalized spacial score (nSPS) is 15.2. The van der Waals surface area contributed by atoms with Gasteiger partial charge in [0.2, 0.25) is 0 Å². The summed E-state index contributed by atoms with van der Waals surface area (Å²) in [5.41, 5.74) is 3.74. The monoisotopic (exact) mass is 339 g/mol. The van der Waals surface area contributed by atoms with Crippen LogP contribution < -0.4 is 15.4 Å². The highest BCUT2D eigenvalue weighted by atomic mass is 16.5. The van der Waals surface area contributed by atoms with Crippen molar-refractivity contribution in [3.63, 3.8) is 0 Å². The van der Waals surface area contributed by atoms with E-state index >= 15 is 0 Å². The lowest BCUT2D eigenvalue weighted by Gasteiger charge is -2.27. The van der Waals surface area contributed by atoms with Crippen LogP contribution >= 0.6 is 0 Å². The third kappa shape index (κ3) is 6.16. The molecule has 1 aliphatic heterocycles. The summed E-state index contributed by atoms with van der Waals surface area (Å²) >= 11 is 0. The van der Waals surface area contributed by atoms with Crippen LogP contribution in [0.25, 0.3) is 0 Å². The van der Waals surface area contributed by atoms with Gasteiger partial charge in [0.1, 0.15) is 12.4 Å². The van der Waals surface area contributed by atoms with Gasteiger partial charge in [0.15, 0.2) is 0 Å². The Bertz CT molecular complexity index is 636. The summed E-state index contributed by atoms with van der Waals surface area (Å²) in [5, 5.41) is 6.93. The first-order valence-electron chi connectivity index (χ1n) is 9.21. The Balaban J connectivity index is 1.40. The second-order valence-electron chi connectivity index (χ2n) is 6.69. The van der Waals surface area contributed by atoms with Crippen LogP contribution in [-0.2, 0) is 13.2 Å². The summed E-state index contributed by atoms with van der Waals surface area (Å²) in [4.78, 5) is 2.50. The fourth-order valence-electron chi connectivity index (χ4n) is 3.00. The van der Waals surface area contributed by atoms with Crippen molar-refractivity contribution in [2.45, 2.75) is 20.1 Å². The minimum atomic E-state index is 0.611. The van der Waals surface area contributed by atoms with Crippen molar-refractivity contribution >= 4 is 0 Å². The predicted octanol–water partition coefficient (Wildman–Crippen LogP) is 2.57. The van der Waals surface area contributed by atoms with E-state index in [9.17, 15) is 0 Å². The van der Waals surface area contributed by atoms with E-state index < -0.39 is 0 Å². The molecule has 25 heavy (non-hydrogen) atoms. The summed E-state index contributed by atoms with van der Waals surface area (Å²) in [7, 11) is 0. The number of nitrogens with zero attached hydrogens (tertiary/aromatic N) is 1. The van der Waals surface area contributed by atoms with Gasteiger partial charge in [-0.25, -0.2) is 0 Å². The largest absolute Gasteiger partial charge is 0.489 e. The first-order chi connectivity index (χ1) is 12.3. The van der Waals surface area contributed by atoms with E-state index in [1.54, 1.807) is 0 Å². The molecule has 1 saturated heterocycles. The first-order valence-corrected chi connectivity index (χ1v) is 9.21. The molecule has 0 spiro atoms. The van der Waals surface area contributed by atoms with Crippen LogP contribution in [0.3, 0.4) is 0 Å². The summed E-state index contributed by atoms with van der Waals surface area (Å²) in [6, 6.07) is 16.9. The molecule has 1 heterocycles. The van der Waals surface area contributed by atoms with Crippen LogP contribution in [0.2, 0.25) is 0 Å². The molecule has 0 atom stereocenters. The zero-order valence-corrected chi connectivity index (χ0v) is 15.1. The standard InChI is InChI=1S/C21H29N3O/c1-18-5-7-19(8-6-18)17-25-21-4-2-3-20(15-21)16-23-11-14-24-12-9-22-10-13-24/h2-8,15,22-23H,9-14,16-17H2,1H3. The first kappa shape index (κ1) is 17.9. The lowest BCUT2D eigenvalue weighted by molar-refractivity contribution is 0.241. The molecular weight excluding hydrogens is 310 g/mol. The number of hydrogen-bond acceptors (Lipinski definition) is 4. The Labute approximate surface area is 151 Å². The van der Waals surface area contributed by atoms with Crippen LogP contribution in [0.1, 0.15) is 16.7 Å². The van der Waals surface area contributed by atoms with Crippen molar-refractivity contribution in [3.05, 3.63) is 65.2 Å². The topological polar surface area (TPSA) is 36.5 Å². The minimum absolute atomic E-state index is 0.611. The van der Waals surface area contributed by atoms with Crippen molar-refractivity contribution in [1.82, 2.24) is 15.5 Å². The highest BCUT2D eigenvalue weighted by Crippen LogP contribution is 2.15. The van der Waals surface area contributed by atoms with E-state index in [1.807, 2.05) is 6.07 Å². The molecule has 0 aliphatic carbocycles. The van der Waals surface area contributed by atoms with Crippen molar-refractivity contribution in [1.29, 1.82) is 0 Å². The molecule has 0 radical (unpaired) electrons. The quantitative estimate of drug-likeness (QED) is 0.725. The number of rotatable bonds is 8. The molecule has 0 amide bonds. The Morgan fingerprint density at radius 1 is 1.04 bits per heavy atom. The lowest BCUT2D eigenvalue weighted by atomic mass is 10.2. The molecule has 4 heteroatoms. The second kappa shape index (κ2) is 9.56. The fraction of sp³-hybridized carbons (Fsp3) is 0.429. The van der Waals surface area contributed by atoms with Gasteiger partial charge in [0.25, 0.3) is 0 Å². The van der Waals surface area contributed by atoms with E-state index in [2.05, 4.69) is 64.9 Å². The number of nitrogens with one attached hydrogen (secondary N) is 2. The maximum Gasteiger partial charge on any atom is 0.120 e. The van der Waals surface area contributed by atoms with Crippen molar-refractivity contribution < 1.29 is 4.74 Å². The molecule has 2 N–H and O–H groups in total. The molecule has 0 bridgehead atoms. The summed E-state index contributed by atoms with van der Waals surface area (Å²) in [5.74, 6) is 0.932. The molecule has 134 valence electrons. The molecule has 1 fully saturated rings. The molecule has 0 unspecified atom stereocenters. The molecule has 4 nitrogen and oxygen atoms in total. The molecule has 0 aromatic heterocycles. The summed E-state index contributed by atoms with van der Waals surface area (Å²) in [6.07, 6.45) is 0. The summed E-state index contributed by atoms with van der Waals surface area (Å²) in [6.45, 7) is 10.3. The highest BCUT2D eigenvalue weighted by Gasteiger charge is 2.08. The molecule has 2 aromatic carbocycles. The van der Waals surface area contributed by atoms with E-state index in [0.29, 0.717) is 6.61 Å². The van der Waals surface area contributed by atoms with Gasteiger partial charge in [-0.15, -0.1) is 0 Å². The Morgan fingerprint density at radius 2 is 1.84 bits per heavy atom. The zero-order chi connectivity index (χ0) is 17.3. The SMILES string of the molecule is Cc1ccc(COc2cccc(CNCCN3CCNCC3)c2)cc1. The van der Waals surface area contributed by atoms with Gasteiger partial charge >= 0.3 is 0 Å². The average Bonchev–Trinajstić information content (AvgIpc) is 2.66. The van der Waals surface area contributed by atoms with Crippen molar-refractivity contribution in [2.24, 2.45) is 0 Å². The number of hydrogen-bond donors (Lipinski definition) is 2. The smallest absolute Gasteiger partial charge is 0.120 e. The van der Waals surface area contributed by atoms with Gasteiger partial charge in [0.05, 0.1) is 0 Å². The Kier molecular flexibility index (Phi) is 6.86. The Morgan fingerprint density at radius 3 is 2.64 bits per heavy atom. The van der Waals surface area contributed by atoms with Gasteiger partial charge < -0.3 is 15.4 Å². The zero-order valence-electron chi connectivity index (χ0n) is 15.1. The molecule has 2 aromatic rings. The number of ether oxygens (including phenoxy) is 1. The molecule has 3 rings (SSSR count). The van der Waals surface area contributed by atoms with Crippen LogP contribution in [0.5, 0.6) is 5.75 Å². The Hall–Kier alpha value is -1.88. The third-order valence-corrected chi connectivity index (χ3v) is 4.57. The predicted molar refractivity (Wildman–Crippen MR) is 103 cm³/mol. The second-order valence-corrected chi connectivity index (χ2v) is 6.69. The lowest BCUT2D eigenvalue weighted by Crippen LogP contribution is -2.45. The highest BCUT2D eigenvalue weighted by molar-refractivity contribution is 5.29. The number of aryl methyl sites for hydroxylation is 1. The summed E-state index contributed by atoms with van der Waals surface area (Å²) < 4.78 is 5.93. The van der Waals surface area contributed by atoms with Crippen molar-refractivity contribution in [2.75, 3.05) is 39.3 Å². The number of piperazine rings is 1. The maximum atomic E-state index is 5.93. The molecule has 0 saturated carbocycles. The van der Waals surface area contributed by atoms with Crippen molar-refractivity contribution in [3.8, 4) is 5.75 Å². The third-order valence-electron chi connectivity index (χ3n) is 4.57. The van der Waals surface area contributed by atoms with E-state index in [1.165, 1.54) is 16.7 Å². The van der Waals surface area contributed by atoms with E-state index in [4.69, 9.17) is 4.74 Å². The van der Waals surface area contributed by atoms with Gasteiger partial charge in [-0.1, -0.05) is 42.0 Å². The van der Waals surface area contributed by atoms with E-state index in [0.717, 1.165) is 51.6 Å². The van der Waals surface area contributed by atoms with Gasteiger partial charge in [0, 0.05) is 45.8 Å².